The Labute approximate surface area is 338 Å². The van der Waals surface area contributed by atoms with E-state index in [9.17, 15) is 39.6 Å². The molecule has 0 saturated carbocycles. The van der Waals surface area contributed by atoms with Crippen LogP contribution in [-0.4, -0.2) is 41.5 Å². The van der Waals surface area contributed by atoms with Gasteiger partial charge < -0.3 is 39.6 Å². The van der Waals surface area contributed by atoms with Crippen molar-refractivity contribution in [2.75, 3.05) is 0 Å². The number of carbonyl (C=O) groups excluding carboxylic acids is 4. The third-order valence-electron chi connectivity index (χ3n) is 12.9. The van der Waals surface area contributed by atoms with Crippen molar-refractivity contribution in [3.8, 4) is 0 Å². The van der Waals surface area contributed by atoms with Crippen LogP contribution in [0.1, 0.15) is 166 Å². The van der Waals surface area contributed by atoms with E-state index >= 15 is 0 Å². The number of carboxylic acid groups (broad SMARTS) is 4. The van der Waals surface area contributed by atoms with Crippen LogP contribution in [-0.2, 0) is 19.2 Å². The summed E-state index contributed by atoms with van der Waals surface area (Å²) in [5.74, 6) is -2.33. The number of carboxylic acids is 4. The average molecular weight is 814 g/mol. The summed E-state index contributed by atoms with van der Waals surface area (Å²) in [6, 6.07) is 0. The summed E-state index contributed by atoms with van der Waals surface area (Å²) in [5, 5.41) is 44.9. The number of aliphatic carboxylic acids is 4. The Balaban J connectivity index is -0.000000192. The van der Waals surface area contributed by atoms with Crippen molar-refractivity contribution < 1.29 is 39.6 Å². The van der Waals surface area contributed by atoms with Crippen molar-refractivity contribution in [3.05, 3.63) is 0 Å². The van der Waals surface area contributed by atoms with Gasteiger partial charge in [0.1, 0.15) is 0 Å². The summed E-state index contributed by atoms with van der Waals surface area (Å²) < 4.78 is 0. The molecule has 0 aliphatic carbocycles. The van der Waals surface area contributed by atoms with E-state index in [1.807, 2.05) is 166 Å². The van der Waals surface area contributed by atoms with Crippen LogP contribution in [0.4, 0.5) is 0 Å². The fraction of sp³-hybridized carbons (Fsp3) is 0.909. The zero-order chi connectivity index (χ0) is 43.2. The minimum Gasteiger partial charge on any atom is -0.550 e. The molecular formula is C44H84GeO8. The van der Waals surface area contributed by atoms with E-state index in [1.54, 1.807) is 0 Å². The minimum absolute atomic E-state index is 0. The second kappa shape index (κ2) is 24.8. The number of hydrogen-bond donors (Lipinski definition) is 0. The first-order valence-corrected chi connectivity index (χ1v) is 20.0. The van der Waals surface area contributed by atoms with Crippen LogP contribution in [0, 0.1) is 92.7 Å². The number of hydrogen-bond acceptors (Lipinski definition) is 8. The van der Waals surface area contributed by atoms with E-state index in [0.717, 1.165) is 0 Å². The van der Waals surface area contributed by atoms with Crippen LogP contribution in [0.2, 0.25) is 0 Å². The molecule has 0 aromatic heterocycles. The molecule has 0 unspecified atom stereocenters. The van der Waals surface area contributed by atoms with Crippen LogP contribution in [0.5, 0.6) is 0 Å². The Morgan fingerprint density at radius 3 is 0.302 bits per heavy atom. The largest absolute Gasteiger partial charge is 4.00 e. The monoisotopic (exact) mass is 815 g/mol. The molecule has 53 heavy (non-hydrogen) atoms. The predicted molar refractivity (Wildman–Crippen MR) is 214 cm³/mol. The summed E-state index contributed by atoms with van der Waals surface area (Å²) in [5.41, 5.74) is -2.78. The summed E-state index contributed by atoms with van der Waals surface area (Å²) in [4.78, 5) is 44.9. The molecule has 312 valence electrons. The van der Waals surface area contributed by atoms with Crippen LogP contribution >= 0.6 is 0 Å². The van der Waals surface area contributed by atoms with Crippen LogP contribution in [0.15, 0.2) is 0 Å². The van der Waals surface area contributed by atoms with E-state index < -0.39 is 45.5 Å². The molecule has 0 N–H and O–H groups in total. The predicted octanol–water partition coefficient (Wildman–Crippen LogP) is 6.38. The first kappa shape index (κ1) is 60.7. The van der Waals surface area contributed by atoms with Gasteiger partial charge in [-0.15, -0.1) is 0 Å². The van der Waals surface area contributed by atoms with E-state index in [1.165, 1.54) is 0 Å². The van der Waals surface area contributed by atoms with Gasteiger partial charge in [0.25, 0.3) is 0 Å². The molecule has 0 saturated heterocycles. The molecule has 8 nitrogen and oxygen atoms in total. The van der Waals surface area contributed by atoms with Gasteiger partial charge in [0, 0.05) is 45.5 Å². The SMILES string of the molecule is CC(C)C(C(=O)[O-])(C(C)C)C(C)C.CC(C)C(C(=O)[O-])(C(C)C)C(C)C.CC(C)C(C(=O)[O-])(C(C)C)C(C)C.CC(C)C(C(=O)[O-])(C(C)C)C(C)C.[Ge+4]. The molecule has 0 aromatic carbocycles. The fourth-order valence-corrected chi connectivity index (χ4v) is 10.8. The Hall–Kier alpha value is -1.58. The average Bonchev–Trinajstić information content (AvgIpc) is 2.87. The topological polar surface area (TPSA) is 161 Å². The minimum atomic E-state index is -0.910. The van der Waals surface area contributed by atoms with E-state index in [2.05, 4.69) is 0 Å². The molecule has 0 heterocycles. The van der Waals surface area contributed by atoms with Gasteiger partial charge >= 0.3 is 17.6 Å². The maximum Gasteiger partial charge on any atom is 4.00 e. The number of carbonyl (C=O) groups is 4. The Bertz CT molecular complexity index is 810. The van der Waals surface area contributed by atoms with Gasteiger partial charge in [-0.25, -0.2) is 0 Å². The molecule has 0 aromatic rings. The van der Waals surface area contributed by atoms with Crippen molar-refractivity contribution in [3.63, 3.8) is 0 Å². The molecular weight excluding hydrogens is 729 g/mol. The van der Waals surface area contributed by atoms with E-state index in [-0.39, 0.29) is 88.6 Å². The molecule has 0 atom stereocenters. The van der Waals surface area contributed by atoms with Crippen molar-refractivity contribution in [1.29, 1.82) is 0 Å². The Morgan fingerprint density at radius 1 is 0.245 bits per heavy atom. The fourth-order valence-electron chi connectivity index (χ4n) is 10.8. The molecule has 0 spiro atoms. The first-order chi connectivity index (χ1) is 23.1. The molecule has 9 heteroatoms. The quantitative estimate of drug-likeness (QED) is 0.162. The first-order valence-electron chi connectivity index (χ1n) is 20.0. The normalized spacial score (nSPS) is 12.8. The third-order valence-corrected chi connectivity index (χ3v) is 12.9. The molecule has 0 amide bonds. The zero-order valence-corrected chi connectivity index (χ0v) is 40.8. The van der Waals surface area contributed by atoms with E-state index in [0.29, 0.717) is 0 Å². The van der Waals surface area contributed by atoms with Crippen LogP contribution in [0.25, 0.3) is 0 Å². The van der Waals surface area contributed by atoms with Gasteiger partial charge in [-0.1, -0.05) is 166 Å². The van der Waals surface area contributed by atoms with Gasteiger partial charge in [0.15, 0.2) is 0 Å². The maximum absolute atomic E-state index is 11.2. The Kier molecular flexibility index (Phi) is 28.4. The smallest absolute Gasteiger partial charge is 0.550 e. The van der Waals surface area contributed by atoms with Gasteiger partial charge in [0.05, 0.1) is 0 Å². The third kappa shape index (κ3) is 13.3. The maximum atomic E-state index is 11.2. The second-order valence-corrected chi connectivity index (χ2v) is 18.7. The molecule has 0 rings (SSSR count). The molecule has 0 fully saturated rings. The van der Waals surface area contributed by atoms with Crippen molar-refractivity contribution >= 4 is 41.5 Å². The number of rotatable bonds is 16. The summed E-state index contributed by atoms with van der Waals surface area (Å²) in [7, 11) is 0. The van der Waals surface area contributed by atoms with Gasteiger partial charge in [0.2, 0.25) is 0 Å². The second-order valence-electron chi connectivity index (χ2n) is 18.7. The van der Waals surface area contributed by atoms with Crippen molar-refractivity contribution in [2.24, 2.45) is 92.7 Å². The summed E-state index contributed by atoms with van der Waals surface area (Å²) in [6.07, 6.45) is 0. The Morgan fingerprint density at radius 2 is 0.302 bits per heavy atom. The van der Waals surface area contributed by atoms with Crippen LogP contribution < -0.4 is 20.4 Å². The molecule has 0 aliphatic heterocycles. The molecule has 0 radical (unpaired) electrons. The van der Waals surface area contributed by atoms with Crippen molar-refractivity contribution in [1.82, 2.24) is 0 Å². The summed E-state index contributed by atoms with van der Waals surface area (Å²) in [6.45, 7) is 46.9. The van der Waals surface area contributed by atoms with Gasteiger partial charge in [-0.3, -0.25) is 0 Å². The van der Waals surface area contributed by atoms with Gasteiger partial charge in [-0.2, -0.15) is 0 Å². The van der Waals surface area contributed by atoms with Crippen molar-refractivity contribution in [2.45, 2.75) is 166 Å². The van der Waals surface area contributed by atoms with E-state index in [4.69, 9.17) is 0 Å². The molecule has 0 aliphatic rings. The molecule has 0 bridgehead atoms. The standard InChI is InChI=1S/4C11H22O2.Ge/c4*1-7(2)11(8(3)4,9(5)6)10(12)13;/h4*7-9H,1-6H3,(H,12,13);/q;;;;+4/p-4. The zero-order valence-electron chi connectivity index (χ0n) is 38.7. The summed E-state index contributed by atoms with van der Waals surface area (Å²) >= 11 is 0. The van der Waals surface area contributed by atoms with Crippen LogP contribution in [0.3, 0.4) is 0 Å². The van der Waals surface area contributed by atoms with Gasteiger partial charge in [-0.05, 0) is 71.0 Å².